The highest BCUT2D eigenvalue weighted by atomic mass is 16.5. The first-order valence-corrected chi connectivity index (χ1v) is 10.3. The number of benzene rings is 1. The molecule has 1 aliphatic carbocycles. The Morgan fingerprint density at radius 3 is 2.74 bits per heavy atom. The van der Waals surface area contributed by atoms with Gasteiger partial charge in [0.05, 0.1) is 6.61 Å². The Bertz CT molecular complexity index is 1270. The number of amides is 1. The van der Waals surface area contributed by atoms with Crippen molar-refractivity contribution in [3.63, 3.8) is 0 Å². The van der Waals surface area contributed by atoms with Crippen molar-refractivity contribution in [2.45, 2.75) is 12.8 Å². The van der Waals surface area contributed by atoms with E-state index < -0.39 is 5.91 Å². The van der Waals surface area contributed by atoms with E-state index in [-0.39, 0.29) is 0 Å². The zero-order valence-electron chi connectivity index (χ0n) is 16.9. The maximum absolute atomic E-state index is 11.0. The van der Waals surface area contributed by atoms with Gasteiger partial charge < -0.3 is 15.5 Å². The summed E-state index contributed by atoms with van der Waals surface area (Å²) in [6.07, 6.45) is 11.2. The van der Waals surface area contributed by atoms with Gasteiger partial charge in [-0.25, -0.2) is 9.97 Å². The average Bonchev–Trinajstić information content (AvgIpc) is 3.54. The van der Waals surface area contributed by atoms with Crippen molar-refractivity contribution in [2.75, 3.05) is 6.61 Å². The van der Waals surface area contributed by atoms with Crippen molar-refractivity contribution in [1.82, 2.24) is 15.0 Å². The number of carbonyl (C=O) groups is 1. The summed E-state index contributed by atoms with van der Waals surface area (Å²) in [7, 11) is 0. The molecule has 0 radical (unpaired) electrons. The molecule has 0 unspecified atom stereocenters. The third-order valence-electron chi connectivity index (χ3n) is 5.40. The standard InChI is InChI=1S/C25H22N4O2/c26-23(30)8-6-16-2-1-3-18(10-16)20-11-21-22(14-29-25(21)28-13-20)19-7-9-24(27-12-19)31-15-17-4-5-17/h1-3,6-14,17H,4-5,15H2,(H2,26,30)(H,28,29). The van der Waals surface area contributed by atoms with Crippen molar-refractivity contribution >= 4 is 23.0 Å². The predicted octanol–water partition coefficient (Wildman–Crippen LogP) is 4.58. The Morgan fingerprint density at radius 2 is 1.97 bits per heavy atom. The number of carbonyl (C=O) groups excluding carboxylic acids is 1. The summed E-state index contributed by atoms with van der Waals surface area (Å²) in [5.74, 6) is 0.891. The summed E-state index contributed by atoms with van der Waals surface area (Å²) in [6, 6.07) is 14.0. The fourth-order valence-electron chi connectivity index (χ4n) is 3.51. The molecular formula is C25H22N4O2. The molecule has 154 valence electrons. The van der Waals surface area contributed by atoms with Gasteiger partial charge in [-0.3, -0.25) is 4.79 Å². The van der Waals surface area contributed by atoms with E-state index in [9.17, 15) is 4.79 Å². The van der Waals surface area contributed by atoms with Crippen LogP contribution >= 0.6 is 0 Å². The van der Waals surface area contributed by atoms with E-state index in [0.717, 1.165) is 45.5 Å². The quantitative estimate of drug-likeness (QED) is 0.436. The molecule has 0 aliphatic heterocycles. The highest BCUT2D eigenvalue weighted by Crippen LogP contribution is 2.32. The van der Waals surface area contributed by atoms with Gasteiger partial charge in [0.2, 0.25) is 11.8 Å². The van der Waals surface area contributed by atoms with Crippen LogP contribution in [-0.4, -0.2) is 27.5 Å². The number of nitrogens with two attached hydrogens (primary N) is 1. The minimum absolute atomic E-state index is 0.469. The summed E-state index contributed by atoms with van der Waals surface area (Å²) in [5, 5.41) is 1.02. The summed E-state index contributed by atoms with van der Waals surface area (Å²) < 4.78 is 5.75. The number of pyridine rings is 2. The van der Waals surface area contributed by atoms with E-state index in [0.29, 0.717) is 11.8 Å². The second-order valence-corrected chi connectivity index (χ2v) is 7.82. The summed E-state index contributed by atoms with van der Waals surface area (Å²) in [4.78, 5) is 23.3. The topological polar surface area (TPSA) is 93.9 Å². The molecule has 3 heterocycles. The Labute approximate surface area is 179 Å². The minimum atomic E-state index is -0.469. The van der Waals surface area contributed by atoms with Gasteiger partial charge in [0, 0.05) is 52.8 Å². The summed E-state index contributed by atoms with van der Waals surface area (Å²) in [5.41, 5.74) is 11.0. The number of aromatic amines is 1. The van der Waals surface area contributed by atoms with Crippen LogP contribution in [0.2, 0.25) is 0 Å². The van der Waals surface area contributed by atoms with E-state index in [1.807, 2.05) is 55.0 Å². The van der Waals surface area contributed by atoms with Gasteiger partial charge in [-0.2, -0.15) is 0 Å². The number of primary amides is 1. The van der Waals surface area contributed by atoms with Crippen LogP contribution in [0.5, 0.6) is 5.88 Å². The highest BCUT2D eigenvalue weighted by Gasteiger charge is 2.22. The third-order valence-corrected chi connectivity index (χ3v) is 5.40. The van der Waals surface area contributed by atoms with E-state index in [1.165, 1.54) is 18.9 Å². The highest BCUT2D eigenvalue weighted by molar-refractivity contribution is 5.96. The van der Waals surface area contributed by atoms with Crippen molar-refractivity contribution in [3.8, 4) is 28.1 Å². The number of ether oxygens (including phenoxy) is 1. The normalized spacial score (nSPS) is 13.7. The van der Waals surface area contributed by atoms with Crippen LogP contribution in [0.1, 0.15) is 18.4 Å². The number of nitrogens with one attached hydrogen (secondary N) is 1. The van der Waals surface area contributed by atoms with Gasteiger partial charge >= 0.3 is 0 Å². The SMILES string of the molecule is NC(=O)C=Cc1cccc(-c2cnc3[nH]cc(-c4ccc(OCC5CC5)nc4)c3c2)c1. The lowest BCUT2D eigenvalue weighted by Gasteiger charge is -2.06. The predicted molar refractivity (Wildman–Crippen MR) is 121 cm³/mol. The molecule has 3 N–H and O–H groups in total. The summed E-state index contributed by atoms with van der Waals surface area (Å²) in [6.45, 7) is 0.750. The minimum Gasteiger partial charge on any atom is -0.477 e. The van der Waals surface area contributed by atoms with Crippen LogP contribution in [0.4, 0.5) is 0 Å². The van der Waals surface area contributed by atoms with Gasteiger partial charge in [0.1, 0.15) is 5.65 Å². The van der Waals surface area contributed by atoms with Gasteiger partial charge in [0.15, 0.2) is 0 Å². The van der Waals surface area contributed by atoms with Crippen molar-refractivity contribution < 1.29 is 9.53 Å². The van der Waals surface area contributed by atoms with Crippen molar-refractivity contribution in [2.24, 2.45) is 11.7 Å². The lowest BCUT2D eigenvalue weighted by molar-refractivity contribution is -0.113. The number of hydrogen-bond acceptors (Lipinski definition) is 4. The van der Waals surface area contributed by atoms with Gasteiger partial charge in [-0.15, -0.1) is 0 Å². The molecule has 1 saturated carbocycles. The molecule has 0 bridgehead atoms. The Kier molecular flexibility index (Phi) is 4.96. The molecule has 0 saturated heterocycles. The lowest BCUT2D eigenvalue weighted by Crippen LogP contribution is -2.05. The molecule has 1 aliphatic rings. The van der Waals surface area contributed by atoms with Crippen molar-refractivity contribution in [3.05, 3.63) is 72.7 Å². The van der Waals surface area contributed by atoms with Gasteiger partial charge in [-0.1, -0.05) is 18.2 Å². The molecule has 1 fully saturated rings. The second-order valence-electron chi connectivity index (χ2n) is 7.82. The van der Waals surface area contributed by atoms with Crippen LogP contribution in [0.15, 0.2) is 67.1 Å². The first kappa shape index (κ1) is 19.1. The van der Waals surface area contributed by atoms with E-state index >= 15 is 0 Å². The Balaban J connectivity index is 1.44. The van der Waals surface area contributed by atoms with Crippen LogP contribution in [0.3, 0.4) is 0 Å². The molecule has 6 nitrogen and oxygen atoms in total. The number of rotatable bonds is 7. The smallest absolute Gasteiger partial charge is 0.241 e. The van der Waals surface area contributed by atoms with Crippen LogP contribution in [-0.2, 0) is 4.79 Å². The number of fused-ring (bicyclic) bond motifs is 1. The second kappa shape index (κ2) is 8.07. The zero-order chi connectivity index (χ0) is 21.2. The maximum atomic E-state index is 11.0. The molecule has 1 aromatic carbocycles. The molecule has 5 rings (SSSR count). The van der Waals surface area contributed by atoms with Gasteiger partial charge in [0.25, 0.3) is 0 Å². The van der Waals surface area contributed by atoms with Crippen molar-refractivity contribution in [1.29, 1.82) is 0 Å². The number of H-pyrrole nitrogens is 1. The number of nitrogens with zero attached hydrogens (tertiary/aromatic N) is 2. The molecule has 1 amide bonds. The fourth-order valence-corrected chi connectivity index (χ4v) is 3.51. The molecule has 0 atom stereocenters. The molecule has 3 aromatic heterocycles. The molecule has 6 heteroatoms. The van der Waals surface area contributed by atoms with Crippen LogP contribution < -0.4 is 10.5 Å². The molecule has 31 heavy (non-hydrogen) atoms. The molecular weight excluding hydrogens is 388 g/mol. The van der Waals surface area contributed by atoms with E-state index in [2.05, 4.69) is 21.0 Å². The van der Waals surface area contributed by atoms with E-state index in [4.69, 9.17) is 10.5 Å². The first-order chi connectivity index (χ1) is 15.2. The first-order valence-electron chi connectivity index (χ1n) is 10.3. The Morgan fingerprint density at radius 1 is 1.10 bits per heavy atom. The molecule has 0 spiro atoms. The lowest BCUT2D eigenvalue weighted by atomic mass is 10.0. The average molecular weight is 410 g/mol. The Hall–Kier alpha value is -3.93. The monoisotopic (exact) mass is 410 g/mol. The summed E-state index contributed by atoms with van der Waals surface area (Å²) >= 11 is 0. The largest absolute Gasteiger partial charge is 0.477 e. The third kappa shape index (κ3) is 4.33. The maximum Gasteiger partial charge on any atom is 0.241 e. The van der Waals surface area contributed by atoms with Crippen LogP contribution in [0, 0.1) is 5.92 Å². The van der Waals surface area contributed by atoms with Crippen LogP contribution in [0.25, 0.3) is 39.4 Å². The number of hydrogen-bond donors (Lipinski definition) is 2. The fraction of sp³-hybridized carbons (Fsp3) is 0.160. The van der Waals surface area contributed by atoms with E-state index in [1.54, 1.807) is 6.08 Å². The molecule has 4 aromatic rings. The van der Waals surface area contributed by atoms with Gasteiger partial charge in [-0.05, 0) is 54.2 Å². The zero-order valence-corrected chi connectivity index (χ0v) is 16.9. The number of aromatic nitrogens is 3.